The number of benzene rings is 7. The van der Waals surface area contributed by atoms with E-state index >= 15 is 0 Å². The Labute approximate surface area is 256 Å². The molecule has 1 unspecified atom stereocenters. The molecule has 0 amide bonds. The molecule has 1 aliphatic heterocycles. The van der Waals surface area contributed by atoms with Crippen LogP contribution in [0.5, 0.6) is 0 Å². The molecule has 8 rings (SSSR count). The molecule has 44 heavy (non-hydrogen) atoms. The summed E-state index contributed by atoms with van der Waals surface area (Å²) in [6, 6.07) is 57.7. The van der Waals surface area contributed by atoms with Crippen LogP contribution in [-0.2, 0) is 0 Å². The van der Waals surface area contributed by atoms with Crippen molar-refractivity contribution < 1.29 is 0 Å². The summed E-state index contributed by atoms with van der Waals surface area (Å²) in [5, 5.41) is 8.47. The van der Waals surface area contributed by atoms with Gasteiger partial charge in [0.05, 0.1) is 0 Å². The molecule has 0 radical (unpaired) electrons. The Morgan fingerprint density at radius 2 is 0.932 bits per heavy atom. The summed E-state index contributed by atoms with van der Waals surface area (Å²) < 4.78 is 0. The molecule has 0 aliphatic carbocycles. The molecule has 0 saturated carbocycles. The maximum absolute atomic E-state index is 5.21. The highest BCUT2D eigenvalue weighted by molar-refractivity contribution is 6.14. The molecule has 7 aromatic rings. The first kappa shape index (κ1) is 25.9. The second kappa shape index (κ2) is 11.1. The first-order valence-corrected chi connectivity index (χ1v) is 15.0. The minimum Gasteiger partial charge on any atom is -0.344 e. The van der Waals surface area contributed by atoms with E-state index < -0.39 is 0 Å². The van der Waals surface area contributed by atoms with E-state index in [1.807, 2.05) is 24.3 Å². The van der Waals surface area contributed by atoms with Gasteiger partial charge in [0.1, 0.15) is 12.0 Å². The molecule has 0 aromatic heterocycles. The number of amidine groups is 2. The number of aliphatic imine (C=N–C) groups is 2. The fraction of sp³-hybridized carbons (Fsp3) is 0.0244. The number of fused-ring (bicyclic) bond motifs is 2. The van der Waals surface area contributed by atoms with Gasteiger partial charge in [0.25, 0.3) is 0 Å². The van der Waals surface area contributed by atoms with Crippen LogP contribution in [0.15, 0.2) is 174 Å². The average Bonchev–Trinajstić information content (AvgIpc) is 3.11. The van der Waals surface area contributed by atoms with Crippen LogP contribution in [0.25, 0.3) is 43.8 Å². The fourth-order valence-electron chi connectivity index (χ4n) is 6.15. The molecule has 0 fully saturated rings. The van der Waals surface area contributed by atoms with Gasteiger partial charge in [-0.2, -0.15) is 0 Å². The fourth-order valence-corrected chi connectivity index (χ4v) is 6.15. The van der Waals surface area contributed by atoms with Crippen LogP contribution in [0.2, 0.25) is 0 Å². The van der Waals surface area contributed by atoms with Crippen LogP contribution >= 0.6 is 0 Å². The second-order valence-electron chi connectivity index (χ2n) is 11.1. The Morgan fingerprint density at radius 3 is 1.55 bits per heavy atom. The van der Waals surface area contributed by atoms with Crippen molar-refractivity contribution in [3.05, 3.63) is 180 Å². The van der Waals surface area contributed by atoms with Gasteiger partial charge in [0, 0.05) is 11.1 Å². The van der Waals surface area contributed by atoms with E-state index in [-0.39, 0.29) is 6.17 Å². The molecule has 0 spiro atoms. The molecule has 3 heteroatoms. The lowest BCUT2D eigenvalue weighted by Gasteiger charge is -2.24. The van der Waals surface area contributed by atoms with Crippen molar-refractivity contribution in [3.8, 4) is 22.3 Å². The van der Waals surface area contributed by atoms with Gasteiger partial charge in [-0.1, -0.05) is 146 Å². The topological polar surface area (TPSA) is 36.8 Å². The van der Waals surface area contributed by atoms with Gasteiger partial charge in [-0.15, -0.1) is 0 Å². The summed E-state index contributed by atoms with van der Waals surface area (Å²) >= 11 is 0. The molecular formula is C41H29N3. The van der Waals surface area contributed by atoms with E-state index in [9.17, 15) is 0 Å². The number of hydrogen-bond donors (Lipinski definition) is 1. The van der Waals surface area contributed by atoms with E-state index in [1.54, 1.807) is 0 Å². The predicted molar refractivity (Wildman–Crippen MR) is 184 cm³/mol. The first-order valence-electron chi connectivity index (χ1n) is 15.0. The van der Waals surface area contributed by atoms with Crippen molar-refractivity contribution in [2.75, 3.05) is 0 Å². The van der Waals surface area contributed by atoms with Crippen LogP contribution in [0, 0.1) is 0 Å². The highest BCUT2D eigenvalue weighted by atomic mass is 15.2. The smallest absolute Gasteiger partial charge is 0.159 e. The van der Waals surface area contributed by atoms with Gasteiger partial charge >= 0.3 is 0 Å². The zero-order valence-corrected chi connectivity index (χ0v) is 24.1. The van der Waals surface area contributed by atoms with Crippen LogP contribution in [0.4, 0.5) is 0 Å². The maximum Gasteiger partial charge on any atom is 0.159 e. The summed E-state index contributed by atoms with van der Waals surface area (Å²) in [7, 11) is 0. The Kier molecular flexibility index (Phi) is 6.54. The lowest BCUT2D eigenvalue weighted by Crippen LogP contribution is -2.33. The predicted octanol–water partition coefficient (Wildman–Crippen LogP) is 9.82. The minimum atomic E-state index is -0.263. The van der Waals surface area contributed by atoms with Gasteiger partial charge in [0.2, 0.25) is 0 Å². The summed E-state index contributed by atoms with van der Waals surface area (Å²) in [6.45, 7) is 0. The van der Waals surface area contributed by atoms with Crippen LogP contribution in [0.3, 0.4) is 0 Å². The number of nitrogens with zero attached hydrogens (tertiary/aromatic N) is 2. The molecule has 208 valence electrons. The highest BCUT2D eigenvalue weighted by Crippen LogP contribution is 2.36. The summed E-state index contributed by atoms with van der Waals surface area (Å²) in [4.78, 5) is 10.4. The number of rotatable bonds is 5. The summed E-state index contributed by atoms with van der Waals surface area (Å²) in [5.74, 6) is 1.52. The largest absolute Gasteiger partial charge is 0.344 e. The van der Waals surface area contributed by atoms with E-state index in [4.69, 9.17) is 9.98 Å². The molecule has 0 bridgehead atoms. The van der Waals surface area contributed by atoms with Gasteiger partial charge < -0.3 is 5.32 Å². The van der Waals surface area contributed by atoms with Crippen LogP contribution < -0.4 is 5.32 Å². The molecule has 1 atom stereocenters. The molecule has 0 saturated heterocycles. The molecule has 3 nitrogen and oxygen atoms in total. The quantitative estimate of drug-likeness (QED) is 0.222. The van der Waals surface area contributed by atoms with Gasteiger partial charge in [-0.05, 0) is 67.6 Å². The second-order valence-corrected chi connectivity index (χ2v) is 11.1. The third-order valence-corrected chi connectivity index (χ3v) is 8.30. The zero-order chi connectivity index (χ0) is 29.3. The van der Waals surface area contributed by atoms with E-state index in [2.05, 4.69) is 145 Å². The third-order valence-electron chi connectivity index (χ3n) is 8.30. The monoisotopic (exact) mass is 563 g/mol. The summed E-state index contributed by atoms with van der Waals surface area (Å²) in [5.41, 5.74) is 7.75. The molecule has 1 N–H and O–H groups in total. The van der Waals surface area contributed by atoms with Gasteiger partial charge in [-0.3, -0.25) is 0 Å². The maximum atomic E-state index is 5.21. The Hall–Kier alpha value is -5.80. The van der Waals surface area contributed by atoms with Gasteiger partial charge in [-0.25, -0.2) is 9.98 Å². The Balaban J connectivity index is 1.38. The van der Waals surface area contributed by atoms with E-state index in [1.165, 1.54) is 32.7 Å². The molecule has 7 aromatic carbocycles. The zero-order valence-electron chi connectivity index (χ0n) is 24.1. The highest BCUT2D eigenvalue weighted by Gasteiger charge is 2.22. The van der Waals surface area contributed by atoms with Gasteiger partial charge in [0.15, 0.2) is 5.84 Å². The Morgan fingerprint density at radius 1 is 0.432 bits per heavy atom. The SMILES string of the molecule is c1ccc(C2=NC(c3cc(-c4cccc5ccccc45)cc(-c4cccc5ccccc45)c3)=NC(c3ccccc3)N2)cc1. The Bertz CT molecular complexity index is 2090. The lowest BCUT2D eigenvalue weighted by molar-refractivity contribution is 0.674. The normalized spacial score (nSPS) is 14.6. The van der Waals surface area contributed by atoms with E-state index in [0.717, 1.165) is 33.7 Å². The van der Waals surface area contributed by atoms with Crippen LogP contribution in [-0.4, -0.2) is 11.7 Å². The molecule has 1 heterocycles. The molecule has 1 aliphatic rings. The molecular weight excluding hydrogens is 534 g/mol. The average molecular weight is 564 g/mol. The van der Waals surface area contributed by atoms with Crippen molar-refractivity contribution in [2.24, 2.45) is 9.98 Å². The number of nitrogens with one attached hydrogen (secondary N) is 1. The van der Waals surface area contributed by atoms with Crippen molar-refractivity contribution in [1.29, 1.82) is 0 Å². The third kappa shape index (κ3) is 4.85. The minimum absolute atomic E-state index is 0.263. The van der Waals surface area contributed by atoms with Crippen molar-refractivity contribution >= 4 is 33.2 Å². The van der Waals surface area contributed by atoms with E-state index in [0.29, 0.717) is 5.84 Å². The lowest BCUT2D eigenvalue weighted by atomic mass is 9.91. The van der Waals surface area contributed by atoms with Crippen LogP contribution in [0.1, 0.15) is 22.9 Å². The van der Waals surface area contributed by atoms with Crippen molar-refractivity contribution in [3.63, 3.8) is 0 Å². The summed E-state index contributed by atoms with van der Waals surface area (Å²) in [6.07, 6.45) is -0.263. The standard InChI is InChI=1S/C41H29N3/c1-3-15-30(16-4-1)39-42-40(31-17-5-2-6-18-31)44-41(43-39)34-26-32(37-23-11-19-28-13-7-9-21-35(28)37)25-33(27-34)38-24-12-20-29-14-8-10-22-36(29)38/h1-27,39H,(H,42,43,44). The van der Waals surface area contributed by atoms with Crippen molar-refractivity contribution in [2.45, 2.75) is 6.17 Å². The number of hydrogen-bond acceptors (Lipinski definition) is 3. The van der Waals surface area contributed by atoms with Crippen molar-refractivity contribution in [1.82, 2.24) is 5.32 Å². The first-order chi connectivity index (χ1) is 21.8.